The Morgan fingerprint density at radius 2 is 2.38 bits per heavy atom. The third-order valence-electron chi connectivity index (χ3n) is 2.06. The summed E-state index contributed by atoms with van der Waals surface area (Å²) in [5, 5.41) is 3.97. The molecule has 0 bridgehead atoms. The highest BCUT2D eigenvalue weighted by atomic mass is 16.6. The molecule has 1 rings (SSSR count). The van der Waals surface area contributed by atoms with E-state index < -0.39 is 0 Å². The lowest BCUT2D eigenvalue weighted by atomic mass is 9.96. The highest BCUT2D eigenvalue weighted by Gasteiger charge is 2.06. The minimum Gasteiger partial charge on any atom is -0.391 e. The van der Waals surface area contributed by atoms with Crippen LogP contribution in [0.25, 0.3) is 0 Å². The van der Waals surface area contributed by atoms with E-state index in [2.05, 4.69) is 32.0 Å². The monoisotopic (exact) mass is 178 g/mol. The van der Waals surface area contributed by atoms with Crippen molar-refractivity contribution >= 4 is 5.71 Å². The molecule has 0 heterocycles. The van der Waals surface area contributed by atoms with Gasteiger partial charge in [-0.2, -0.15) is 0 Å². The smallest absolute Gasteiger partial charge is 0.157 e. The van der Waals surface area contributed by atoms with Crippen LogP contribution in [0.3, 0.4) is 0 Å². The summed E-state index contributed by atoms with van der Waals surface area (Å²) in [5.74, 6) is 0.520. The highest BCUT2D eigenvalue weighted by molar-refractivity contribution is 6.05. The maximum absolute atomic E-state index is 5.04. The minimum atomic E-state index is 0.520. The summed E-state index contributed by atoms with van der Waals surface area (Å²) in [6, 6.07) is 0. The second kappa shape index (κ2) is 4.75. The molecule has 1 unspecified atom stereocenters. The maximum atomic E-state index is 5.04. The first-order valence-electron chi connectivity index (χ1n) is 4.59. The van der Waals surface area contributed by atoms with E-state index in [1.54, 1.807) is 0 Å². The fraction of sp³-hybridized carbons (Fsp3) is 0.455. The molecule has 0 amide bonds. The SMILES string of the molecule is [CH2+]CCO/N=C1\C=CC(C)C(C)=C1. The Bertz CT molecular complexity index is 251. The van der Waals surface area contributed by atoms with Gasteiger partial charge >= 0.3 is 0 Å². The van der Waals surface area contributed by atoms with Crippen molar-refractivity contribution in [3.05, 3.63) is 30.7 Å². The summed E-state index contributed by atoms with van der Waals surface area (Å²) in [5.41, 5.74) is 2.21. The van der Waals surface area contributed by atoms with Crippen LogP contribution in [0.5, 0.6) is 0 Å². The Labute approximate surface area is 80.0 Å². The van der Waals surface area contributed by atoms with Gasteiger partial charge in [0.2, 0.25) is 0 Å². The maximum Gasteiger partial charge on any atom is 0.157 e. The van der Waals surface area contributed by atoms with Crippen molar-refractivity contribution in [3.63, 3.8) is 0 Å². The fourth-order valence-corrected chi connectivity index (χ4v) is 1.05. The average molecular weight is 178 g/mol. The van der Waals surface area contributed by atoms with Gasteiger partial charge in [-0.25, -0.2) is 0 Å². The van der Waals surface area contributed by atoms with Crippen molar-refractivity contribution in [2.45, 2.75) is 20.3 Å². The summed E-state index contributed by atoms with van der Waals surface area (Å²) < 4.78 is 0. The molecule has 0 saturated heterocycles. The molecule has 0 aromatic rings. The van der Waals surface area contributed by atoms with Crippen molar-refractivity contribution in [1.29, 1.82) is 0 Å². The molecule has 70 valence electrons. The molecular formula is C11H16NO+. The molecule has 1 atom stereocenters. The molecule has 1 aliphatic rings. The second-order valence-electron chi connectivity index (χ2n) is 3.24. The van der Waals surface area contributed by atoms with E-state index in [0.29, 0.717) is 12.5 Å². The largest absolute Gasteiger partial charge is 0.391 e. The standard InChI is InChI=1S/C11H16NO/c1-4-7-13-12-11-6-5-9(2)10(3)8-11/h5-6,8-9H,1,4,7H2,2-3H3/q+1/b12-11+. The first-order chi connectivity index (χ1) is 6.24. The zero-order valence-electron chi connectivity index (χ0n) is 8.29. The Kier molecular flexibility index (Phi) is 3.62. The number of hydrogen-bond donors (Lipinski definition) is 0. The van der Waals surface area contributed by atoms with E-state index in [0.717, 1.165) is 12.1 Å². The van der Waals surface area contributed by atoms with E-state index in [4.69, 9.17) is 4.84 Å². The van der Waals surface area contributed by atoms with Crippen molar-refractivity contribution in [3.8, 4) is 0 Å². The lowest BCUT2D eigenvalue weighted by Gasteiger charge is -2.11. The van der Waals surface area contributed by atoms with E-state index in [-0.39, 0.29) is 0 Å². The average Bonchev–Trinajstić information content (AvgIpc) is 2.12. The first kappa shape index (κ1) is 9.90. The van der Waals surface area contributed by atoms with Gasteiger partial charge in [0.15, 0.2) is 6.61 Å². The van der Waals surface area contributed by atoms with Gasteiger partial charge in [-0.05, 0) is 25.0 Å². The predicted octanol–water partition coefficient (Wildman–Crippen LogP) is 2.74. The van der Waals surface area contributed by atoms with E-state index in [1.165, 1.54) is 5.57 Å². The summed E-state index contributed by atoms with van der Waals surface area (Å²) >= 11 is 0. The molecular weight excluding hydrogens is 162 g/mol. The second-order valence-corrected chi connectivity index (χ2v) is 3.24. The highest BCUT2D eigenvalue weighted by Crippen LogP contribution is 2.15. The normalized spacial score (nSPS) is 24.6. The van der Waals surface area contributed by atoms with Gasteiger partial charge in [-0.3, -0.25) is 0 Å². The number of nitrogens with zero attached hydrogens (tertiary/aromatic N) is 1. The molecule has 1 aliphatic carbocycles. The van der Waals surface area contributed by atoms with Crippen LogP contribution >= 0.6 is 0 Å². The van der Waals surface area contributed by atoms with Crippen LogP contribution in [-0.2, 0) is 4.84 Å². The van der Waals surface area contributed by atoms with Crippen molar-refractivity contribution in [1.82, 2.24) is 0 Å². The first-order valence-corrected chi connectivity index (χ1v) is 4.59. The summed E-state index contributed by atoms with van der Waals surface area (Å²) in [6.07, 6.45) is 6.91. The third-order valence-corrected chi connectivity index (χ3v) is 2.06. The van der Waals surface area contributed by atoms with Gasteiger partial charge in [0.25, 0.3) is 0 Å². The van der Waals surface area contributed by atoms with Gasteiger partial charge in [0.05, 0.1) is 6.92 Å². The fourth-order valence-electron chi connectivity index (χ4n) is 1.05. The van der Waals surface area contributed by atoms with Crippen LogP contribution in [0.4, 0.5) is 0 Å². The lowest BCUT2D eigenvalue weighted by Crippen LogP contribution is -2.03. The minimum absolute atomic E-state index is 0.520. The van der Waals surface area contributed by atoms with Crippen LogP contribution in [0.1, 0.15) is 20.3 Å². The Morgan fingerprint density at radius 3 is 3.00 bits per heavy atom. The molecule has 0 radical (unpaired) electrons. The van der Waals surface area contributed by atoms with Crippen LogP contribution in [-0.4, -0.2) is 12.3 Å². The van der Waals surface area contributed by atoms with Crippen LogP contribution in [0.15, 0.2) is 29.0 Å². The molecule has 0 spiro atoms. The predicted molar refractivity (Wildman–Crippen MR) is 55.4 cm³/mol. The van der Waals surface area contributed by atoms with E-state index in [9.17, 15) is 0 Å². The van der Waals surface area contributed by atoms with Gasteiger partial charge in [-0.1, -0.05) is 23.7 Å². The topological polar surface area (TPSA) is 21.6 Å². The summed E-state index contributed by atoms with van der Waals surface area (Å²) in [4.78, 5) is 5.04. The molecule has 13 heavy (non-hydrogen) atoms. The number of hydrogen-bond acceptors (Lipinski definition) is 2. The van der Waals surface area contributed by atoms with Crippen LogP contribution < -0.4 is 0 Å². The van der Waals surface area contributed by atoms with Crippen LogP contribution in [0.2, 0.25) is 0 Å². The molecule has 0 aromatic heterocycles. The molecule has 0 aromatic carbocycles. The Balaban J connectivity index is 2.53. The third kappa shape index (κ3) is 2.98. The number of allylic oxidation sites excluding steroid dienone is 4. The Hall–Kier alpha value is -1.18. The number of rotatable bonds is 3. The van der Waals surface area contributed by atoms with E-state index >= 15 is 0 Å². The van der Waals surface area contributed by atoms with Gasteiger partial charge in [0.1, 0.15) is 12.1 Å². The van der Waals surface area contributed by atoms with E-state index in [1.807, 2.05) is 12.2 Å². The van der Waals surface area contributed by atoms with Crippen molar-refractivity contribution < 1.29 is 4.84 Å². The molecule has 0 fully saturated rings. The molecule has 0 saturated carbocycles. The Morgan fingerprint density at radius 1 is 1.62 bits per heavy atom. The summed E-state index contributed by atoms with van der Waals surface area (Å²) in [6.45, 7) is 8.52. The molecule has 2 heteroatoms. The molecule has 2 nitrogen and oxygen atoms in total. The molecule has 0 N–H and O–H groups in total. The molecule has 0 aliphatic heterocycles. The zero-order valence-corrected chi connectivity index (χ0v) is 8.29. The van der Waals surface area contributed by atoms with Gasteiger partial charge in [-0.15, -0.1) is 0 Å². The quantitative estimate of drug-likeness (QED) is 0.370. The number of oxime groups is 1. The van der Waals surface area contributed by atoms with Crippen molar-refractivity contribution in [2.75, 3.05) is 6.61 Å². The van der Waals surface area contributed by atoms with Gasteiger partial charge in [0, 0.05) is 0 Å². The van der Waals surface area contributed by atoms with Gasteiger partial charge < -0.3 is 4.84 Å². The zero-order chi connectivity index (χ0) is 9.68. The summed E-state index contributed by atoms with van der Waals surface area (Å²) in [7, 11) is 0. The van der Waals surface area contributed by atoms with Crippen molar-refractivity contribution in [2.24, 2.45) is 11.1 Å². The lowest BCUT2D eigenvalue weighted by molar-refractivity contribution is 0.149. The van der Waals surface area contributed by atoms with Crippen LogP contribution in [0, 0.1) is 12.8 Å².